The Balaban J connectivity index is 1.50. The second kappa shape index (κ2) is 12.3. The molecule has 0 aliphatic rings. The molecule has 2 aromatic carbocycles. The van der Waals surface area contributed by atoms with Crippen LogP contribution in [0.4, 0.5) is 13.2 Å². The van der Waals surface area contributed by atoms with Gasteiger partial charge in [-0.1, -0.05) is 35.5 Å². The molecule has 200 valence electrons. The van der Waals surface area contributed by atoms with Crippen LogP contribution < -0.4 is 4.74 Å². The Labute approximate surface area is 229 Å². The van der Waals surface area contributed by atoms with Crippen LogP contribution in [0.5, 0.6) is 5.75 Å². The first-order valence-electron chi connectivity index (χ1n) is 11.4. The molecule has 2 heterocycles. The van der Waals surface area contributed by atoms with Gasteiger partial charge in [0.05, 0.1) is 39.4 Å². The van der Waals surface area contributed by atoms with Crippen LogP contribution in [0, 0.1) is 5.92 Å². The number of aliphatic hydroxyl groups excluding tert-OH is 1. The number of hydrogen-bond acceptors (Lipinski definition) is 8. The molecule has 0 saturated carbocycles. The van der Waals surface area contributed by atoms with Gasteiger partial charge in [0, 0.05) is 18.1 Å². The van der Waals surface area contributed by atoms with Crippen molar-refractivity contribution in [3.63, 3.8) is 0 Å². The van der Waals surface area contributed by atoms with Crippen LogP contribution in [-0.4, -0.2) is 33.4 Å². The second-order valence-corrected chi connectivity index (χ2v) is 10.8. The number of alkyl halides is 3. The van der Waals surface area contributed by atoms with Crippen molar-refractivity contribution in [3.05, 3.63) is 82.6 Å². The van der Waals surface area contributed by atoms with Crippen LogP contribution in [0.25, 0.3) is 10.2 Å². The zero-order valence-corrected chi connectivity index (χ0v) is 22.3. The SMILES string of the molecule is CCOc1ccc2nc(SCC(C(=O)OCc3ccc(Cl)c(C(F)(F)F)c3)C(O)c3cccnc3)sc2c1. The summed E-state index contributed by atoms with van der Waals surface area (Å²) in [4.78, 5) is 21.7. The van der Waals surface area contributed by atoms with E-state index in [1.807, 2.05) is 25.1 Å². The van der Waals surface area contributed by atoms with Crippen LogP contribution in [-0.2, 0) is 22.3 Å². The van der Waals surface area contributed by atoms with E-state index >= 15 is 0 Å². The van der Waals surface area contributed by atoms with Crippen LogP contribution in [0.15, 0.2) is 65.3 Å². The second-order valence-electron chi connectivity index (χ2n) is 8.11. The van der Waals surface area contributed by atoms with E-state index in [1.54, 1.807) is 12.1 Å². The molecule has 0 aliphatic heterocycles. The number of thioether (sulfide) groups is 1. The number of carbonyl (C=O) groups is 1. The average Bonchev–Trinajstić information content (AvgIpc) is 3.30. The van der Waals surface area contributed by atoms with E-state index in [4.69, 9.17) is 21.1 Å². The third-order valence-electron chi connectivity index (χ3n) is 5.46. The van der Waals surface area contributed by atoms with Crippen molar-refractivity contribution < 1.29 is 32.5 Å². The van der Waals surface area contributed by atoms with Crippen LogP contribution in [0.2, 0.25) is 5.02 Å². The summed E-state index contributed by atoms with van der Waals surface area (Å²) < 4.78 is 52.1. The molecule has 0 spiro atoms. The Morgan fingerprint density at radius 3 is 2.74 bits per heavy atom. The summed E-state index contributed by atoms with van der Waals surface area (Å²) in [5.74, 6) is -0.965. The van der Waals surface area contributed by atoms with Gasteiger partial charge < -0.3 is 14.6 Å². The number of benzene rings is 2. The van der Waals surface area contributed by atoms with E-state index in [0.29, 0.717) is 16.5 Å². The maximum atomic E-state index is 13.2. The van der Waals surface area contributed by atoms with E-state index in [0.717, 1.165) is 28.1 Å². The minimum atomic E-state index is -4.65. The molecule has 4 aromatic rings. The number of aliphatic hydroxyl groups is 1. The van der Waals surface area contributed by atoms with Gasteiger partial charge in [0.15, 0.2) is 4.34 Å². The summed E-state index contributed by atoms with van der Waals surface area (Å²) in [5.41, 5.74) is 0.287. The largest absolute Gasteiger partial charge is 0.494 e. The third kappa shape index (κ3) is 6.96. The highest BCUT2D eigenvalue weighted by atomic mass is 35.5. The smallest absolute Gasteiger partial charge is 0.417 e. The lowest BCUT2D eigenvalue weighted by atomic mass is 9.99. The molecule has 38 heavy (non-hydrogen) atoms. The molecule has 2 atom stereocenters. The van der Waals surface area contributed by atoms with Gasteiger partial charge in [0.25, 0.3) is 0 Å². The monoisotopic (exact) mass is 582 g/mol. The number of aromatic nitrogens is 2. The van der Waals surface area contributed by atoms with Crippen LogP contribution >= 0.6 is 34.7 Å². The number of nitrogens with zero attached hydrogens (tertiary/aromatic N) is 2. The molecule has 0 saturated heterocycles. The van der Waals surface area contributed by atoms with Gasteiger partial charge in [-0.25, -0.2) is 4.98 Å². The molecule has 12 heteroatoms. The fourth-order valence-corrected chi connectivity index (χ4v) is 6.04. The molecule has 2 aromatic heterocycles. The third-order valence-corrected chi connectivity index (χ3v) is 8.07. The van der Waals surface area contributed by atoms with Crippen molar-refractivity contribution in [1.82, 2.24) is 9.97 Å². The topological polar surface area (TPSA) is 81.5 Å². The predicted octanol–water partition coefficient (Wildman–Crippen LogP) is 6.95. The highest BCUT2D eigenvalue weighted by Gasteiger charge is 2.34. The van der Waals surface area contributed by atoms with Gasteiger partial charge in [-0.05, 0) is 54.4 Å². The fraction of sp³-hybridized carbons (Fsp3) is 0.269. The minimum Gasteiger partial charge on any atom is -0.494 e. The number of pyridine rings is 1. The summed E-state index contributed by atoms with van der Waals surface area (Å²) >= 11 is 8.37. The Hall–Kier alpha value is -2.86. The van der Waals surface area contributed by atoms with Crippen LogP contribution in [0.3, 0.4) is 0 Å². The summed E-state index contributed by atoms with van der Waals surface area (Å²) in [5, 5.41) is 10.5. The number of fused-ring (bicyclic) bond motifs is 1. The lowest BCUT2D eigenvalue weighted by Gasteiger charge is -2.21. The first-order valence-corrected chi connectivity index (χ1v) is 13.6. The van der Waals surface area contributed by atoms with Crippen molar-refractivity contribution >= 4 is 50.9 Å². The maximum absolute atomic E-state index is 13.2. The first-order chi connectivity index (χ1) is 18.2. The predicted molar refractivity (Wildman–Crippen MR) is 140 cm³/mol. The highest BCUT2D eigenvalue weighted by Crippen LogP contribution is 2.37. The van der Waals surface area contributed by atoms with Gasteiger partial charge in [-0.3, -0.25) is 9.78 Å². The Morgan fingerprint density at radius 1 is 1.21 bits per heavy atom. The minimum absolute atomic E-state index is 0.113. The number of esters is 1. The number of thiazole rings is 1. The average molecular weight is 583 g/mol. The molecule has 4 rings (SSSR count). The standard InChI is InChI=1S/C26H22ClF3N2O4S2/c1-2-35-17-6-8-21-22(11-17)38-25(32-21)37-14-18(23(33)16-4-3-9-31-12-16)24(34)36-13-15-5-7-20(27)19(10-15)26(28,29)30/h3-12,18,23,33H,2,13-14H2,1H3. The molecule has 6 nitrogen and oxygen atoms in total. The normalized spacial score (nSPS) is 13.3. The Kier molecular flexibility index (Phi) is 9.14. The van der Waals surface area contributed by atoms with E-state index in [-0.39, 0.29) is 11.3 Å². The van der Waals surface area contributed by atoms with E-state index in [2.05, 4.69) is 9.97 Å². The first kappa shape index (κ1) is 28.2. The quantitative estimate of drug-likeness (QED) is 0.160. The highest BCUT2D eigenvalue weighted by molar-refractivity contribution is 8.01. The van der Waals surface area contributed by atoms with E-state index in [9.17, 15) is 23.1 Å². The van der Waals surface area contributed by atoms with E-state index in [1.165, 1.54) is 41.6 Å². The lowest BCUT2D eigenvalue weighted by molar-refractivity contribution is -0.153. The van der Waals surface area contributed by atoms with E-state index < -0.39 is 41.4 Å². The van der Waals surface area contributed by atoms with Gasteiger partial charge >= 0.3 is 12.1 Å². The summed E-state index contributed by atoms with van der Waals surface area (Å²) in [6.07, 6.45) is -2.92. The summed E-state index contributed by atoms with van der Waals surface area (Å²) in [7, 11) is 0. The molecule has 0 aliphatic carbocycles. The zero-order valence-electron chi connectivity index (χ0n) is 19.9. The molecular weight excluding hydrogens is 561 g/mol. The maximum Gasteiger partial charge on any atom is 0.417 e. The van der Waals surface area contributed by atoms with Crippen molar-refractivity contribution in [2.45, 2.75) is 30.2 Å². The van der Waals surface area contributed by atoms with Crippen molar-refractivity contribution in [2.75, 3.05) is 12.4 Å². The molecule has 0 fully saturated rings. The van der Waals surface area contributed by atoms with Gasteiger partial charge in [0.1, 0.15) is 12.4 Å². The summed E-state index contributed by atoms with van der Waals surface area (Å²) in [6.45, 7) is 2.02. The number of rotatable bonds is 10. The number of carbonyl (C=O) groups excluding carboxylic acids is 1. The molecule has 1 N–H and O–H groups in total. The molecule has 0 amide bonds. The number of ether oxygens (including phenoxy) is 2. The molecule has 0 bridgehead atoms. The summed E-state index contributed by atoms with van der Waals surface area (Å²) in [6, 6.07) is 12.1. The van der Waals surface area contributed by atoms with Gasteiger partial charge in [0.2, 0.25) is 0 Å². The van der Waals surface area contributed by atoms with Gasteiger partial charge in [-0.2, -0.15) is 13.2 Å². The van der Waals surface area contributed by atoms with Gasteiger partial charge in [-0.15, -0.1) is 11.3 Å². The molecule has 0 radical (unpaired) electrons. The fourth-order valence-electron chi connectivity index (χ4n) is 3.58. The van der Waals surface area contributed by atoms with Crippen molar-refractivity contribution in [3.8, 4) is 5.75 Å². The zero-order chi connectivity index (χ0) is 27.3. The van der Waals surface area contributed by atoms with Crippen molar-refractivity contribution in [1.29, 1.82) is 0 Å². The molecular formula is C26H22ClF3N2O4S2. The number of halogens is 4. The Morgan fingerprint density at radius 2 is 2.03 bits per heavy atom. The Bertz CT molecular complexity index is 1400. The lowest BCUT2D eigenvalue weighted by Crippen LogP contribution is -2.27. The van der Waals surface area contributed by atoms with Crippen molar-refractivity contribution in [2.24, 2.45) is 5.92 Å². The number of hydrogen-bond donors (Lipinski definition) is 1. The molecule has 2 unspecified atom stereocenters. The van der Waals surface area contributed by atoms with Crippen LogP contribution in [0.1, 0.15) is 29.7 Å².